The van der Waals surface area contributed by atoms with E-state index in [1.807, 2.05) is 6.92 Å². The van der Waals surface area contributed by atoms with Gasteiger partial charge in [0, 0.05) is 12.0 Å². The first-order valence-electron chi connectivity index (χ1n) is 10.9. The highest BCUT2D eigenvalue weighted by atomic mass is 19.1. The van der Waals surface area contributed by atoms with Gasteiger partial charge in [0.05, 0.1) is 5.56 Å². The molecule has 0 bridgehead atoms. The van der Waals surface area contributed by atoms with Gasteiger partial charge in [-0.05, 0) is 36.7 Å². The van der Waals surface area contributed by atoms with Gasteiger partial charge in [0.25, 0.3) is 0 Å². The third kappa shape index (κ3) is 4.57. The van der Waals surface area contributed by atoms with Crippen LogP contribution in [0.1, 0.15) is 99.2 Å². The summed E-state index contributed by atoms with van der Waals surface area (Å²) >= 11 is 0. The predicted octanol–water partition coefficient (Wildman–Crippen LogP) is 6.23. The molecule has 0 amide bonds. The number of rotatable bonds is 8. The second kappa shape index (κ2) is 9.84. The van der Waals surface area contributed by atoms with E-state index in [1.54, 1.807) is 12.1 Å². The van der Waals surface area contributed by atoms with Crippen LogP contribution in [0.3, 0.4) is 0 Å². The molecule has 1 N–H and O–H groups in total. The van der Waals surface area contributed by atoms with Gasteiger partial charge >= 0.3 is 5.97 Å². The number of unbranched alkanes of at least 4 members (excludes halogenated alkanes) is 2. The summed E-state index contributed by atoms with van der Waals surface area (Å²) < 4.78 is 20.6. The molecule has 2 unspecified atom stereocenters. The largest absolute Gasteiger partial charge is 0.458 e. The summed E-state index contributed by atoms with van der Waals surface area (Å²) in [5, 5.41) is 9.56. The third-order valence-electron chi connectivity index (χ3n) is 6.59. The summed E-state index contributed by atoms with van der Waals surface area (Å²) in [6.45, 7) is 4.16. The number of hydrogen-bond acceptors (Lipinski definition) is 4. The molecule has 5 heteroatoms. The predicted molar refractivity (Wildman–Crippen MR) is 106 cm³/mol. The van der Waals surface area contributed by atoms with Crippen molar-refractivity contribution < 1.29 is 24.1 Å². The van der Waals surface area contributed by atoms with Gasteiger partial charge in [-0.3, -0.25) is 5.26 Å². The molecule has 1 aromatic carbocycles. The lowest BCUT2D eigenvalue weighted by Crippen LogP contribution is -2.29. The number of fused-ring (bicyclic) bond motifs is 1. The maximum Gasteiger partial charge on any atom is 0.341 e. The van der Waals surface area contributed by atoms with E-state index in [2.05, 4.69) is 6.92 Å². The zero-order valence-corrected chi connectivity index (χ0v) is 17.1. The molecule has 2 aliphatic rings. The fourth-order valence-electron chi connectivity index (χ4n) is 4.83. The van der Waals surface area contributed by atoms with Crippen LogP contribution in [-0.4, -0.2) is 17.3 Å². The van der Waals surface area contributed by atoms with E-state index in [0.29, 0.717) is 18.4 Å². The number of halogens is 1. The molecule has 0 aromatic heterocycles. The molecule has 3 rings (SSSR count). The van der Waals surface area contributed by atoms with E-state index in [0.717, 1.165) is 31.6 Å². The minimum atomic E-state index is -0.737. The lowest BCUT2D eigenvalue weighted by atomic mass is 9.76. The van der Waals surface area contributed by atoms with Crippen molar-refractivity contribution >= 4 is 5.97 Å². The van der Waals surface area contributed by atoms with Crippen LogP contribution in [0.25, 0.3) is 0 Å². The van der Waals surface area contributed by atoms with Gasteiger partial charge in [-0.15, -0.1) is 0 Å². The van der Waals surface area contributed by atoms with E-state index in [-0.39, 0.29) is 23.1 Å². The van der Waals surface area contributed by atoms with Crippen LogP contribution in [-0.2, 0) is 16.0 Å². The molecule has 1 saturated carbocycles. The second-order valence-electron chi connectivity index (χ2n) is 8.45. The van der Waals surface area contributed by atoms with Crippen LogP contribution < -0.4 is 0 Å². The van der Waals surface area contributed by atoms with Crippen LogP contribution in [0.15, 0.2) is 12.1 Å². The van der Waals surface area contributed by atoms with E-state index in [9.17, 15) is 10.1 Å². The maximum atomic E-state index is 15.2. The summed E-state index contributed by atoms with van der Waals surface area (Å²) in [7, 11) is 0. The van der Waals surface area contributed by atoms with Crippen molar-refractivity contribution in [2.45, 2.75) is 90.3 Å². The molecular weight excluding hydrogens is 359 g/mol. The second-order valence-corrected chi connectivity index (χ2v) is 8.45. The van der Waals surface area contributed by atoms with Crippen LogP contribution >= 0.6 is 0 Å². The van der Waals surface area contributed by atoms with Crippen molar-refractivity contribution in [2.75, 3.05) is 0 Å². The Hall–Kier alpha value is -1.46. The van der Waals surface area contributed by atoms with Gasteiger partial charge in [-0.1, -0.05) is 64.5 Å². The summed E-state index contributed by atoms with van der Waals surface area (Å²) in [4.78, 5) is 17.1. The van der Waals surface area contributed by atoms with Crippen molar-refractivity contribution in [1.82, 2.24) is 0 Å². The molecule has 28 heavy (non-hydrogen) atoms. The molecule has 1 fully saturated rings. The molecule has 1 heterocycles. The van der Waals surface area contributed by atoms with Gasteiger partial charge < -0.3 is 4.74 Å². The topological polar surface area (TPSA) is 55.8 Å². The average molecular weight is 393 g/mol. The van der Waals surface area contributed by atoms with Gasteiger partial charge in [0.1, 0.15) is 18.0 Å². The van der Waals surface area contributed by atoms with E-state index in [1.165, 1.54) is 25.7 Å². The zero-order chi connectivity index (χ0) is 20.1. The Morgan fingerprint density at radius 2 is 1.96 bits per heavy atom. The number of hydrogen-bond donors (Lipinski definition) is 1. The molecular formula is C23H33FO4. The SMILES string of the molecule is CCCCCC1CCC(C(OO)c2ccc3c(c2F)C(=O)OC(CC)C3)CC1. The minimum Gasteiger partial charge on any atom is -0.458 e. The highest BCUT2D eigenvalue weighted by molar-refractivity contribution is 5.92. The van der Waals surface area contributed by atoms with Crippen molar-refractivity contribution in [3.63, 3.8) is 0 Å². The summed E-state index contributed by atoms with van der Waals surface area (Å²) in [5.41, 5.74) is 0.959. The van der Waals surface area contributed by atoms with Crippen LogP contribution in [0.5, 0.6) is 0 Å². The first-order chi connectivity index (χ1) is 13.6. The maximum absolute atomic E-state index is 15.2. The Kier molecular flexibility index (Phi) is 7.47. The standard InChI is InChI=1S/C23H33FO4/c1-3-5-6-7-15-8-10-16(11-9-15)22(28-26)19-13-12-17-14-18(4-2)27-23(25)20(17)21(19)24/h12-13,15-16,18,22,26H,3-11,14H2,1-2H3. The monoisotopic (exact) mass is 392 g/mol. The smallest absolute Gasteiger partial charge is 0.341 e. The summed E-state index contributed by atoms with van der Waals surface area (Å²) in [6.07, 6.45) is 9.31. The molecule has 156 valence electrons. The molecule has 1 aliphatic carbocycles. The van der Waals surface area contributed by atoms with Crippen LogP contribution in [0.4, 0.5) is 4.39 Å². The van der Waals surface area contributed by atoms with Crippen LogP contribution in [0.2, 0.25) is 0 Å². The molecule has 4 nitrogen and oxygen atoms in total. The molecule has 0 saturated heterocycles. The van der Waals surface area contributed by atoms with Gasteiger partial charge in [0.15, 0.2) is 0 Å². The fraction of sp³-hybridized carbons (Fsp3) is 0.696. The van der Waals surface area contributed by atoms with E-state index >= 15 is 4.39 Å². The number of esters is 1. The lowest BCUT2D eigenvalue weighted by molar-refractivity contribution is -0.296. The third-order valence-corrected chi connectivity index (χ3v) is 6.59. The first-order valence-corrected chi connectivity index (χ1v) is 10.9. The number of carbonyl (C=O) groups is 1. The Morgan fingerprint density at radius 3 is 2.61 bits per heavy atom. The fourth-order valence-corrected chi connectivity index (χ4v) is 4.83. The number of cyclic esters (lactones) is 1. The van der Waals surface area contributed by atoms with Gasteiger partial charge in [-0.25, -0.2) is 14.1 Å². The van der Waals surface area contributed by atoms with Crippen LogP contribution in [0, 0.1) is 17.7 Å². The summed E-state index contributed by atoms with van der Waals surface area (Å²) in [5.74, 6) is -0.426. The summed E-state index contributed by atoms with van der Waals surface area (Å²) in [6, 6.07) is 3.47. The Balaban J connectivity index is 1.72. The van der Waals surface area contributed by atoms with E-state index in [4.69, 9.17) is 9.62 Å². The van der Waals surface area contributed by atoms with Gasteiger partial charge in [0.2, 0.25) is 0 Å². The molecule has 2 atom stereocenters. The Bertz CT molecular complexity index is 667. The zero-order valence-electron chi connectivity index (χ0n) is 17.1. The highest BCUT2D eigenvalue weighted by Gasteiger charge is 2.35. The molecule has 0 spiro atoms. The number of benzene rings is 1. The van der Waals surface area contributed by atoms with Gasteiger partial charge in [-0.2, -0.15) is 0 Å². The quantitative estimate of drug-likeness (QED) is 0.246. The molecule has 1 aliphatic heterocycles. The highest BCUT2D eigenvalue weighted by Crippen LogP contribution is 2.42. The average Bonchev–Trinajstić information content (AvgIpc) is 2.71. The molecule has 0 radical (unpaired) electrons. The lowest BCUT2D eigenvalue weighted by Gasteiger charge is -2.33. The Morgan fingerprint density at radius 1 is 1.21 bits per heavy atom. The van der Waals surface area contributed by atoms with E-state index < -0.39 is 17.9 Å². The Labute approximate surface area is 167 Å². The van der Waals surface area contributed by atoms with Crippen molar-refractivity contribution in [1.29, 1.82) is 0 Å². The van der Waals surface area contributed by atoms with Crippen molar-refractivity contribution in [2.24, 2.45) is 11.8 Å². The normalized spacial score (nSPS) is 25.9. The van der Waals surface area contributed by atoms with Crippen molar-refractivity contribution in [3.8, 4) is 0 Å². The minimum absolute atomic E-state index is 0.0116. The first kappa shape index (κ1) is 21.3. The number of ether oxygens (including phenoxy) is 1. The number of carbonyl (C=O) groups excluding carboxylic acids is 1. The van der Waals surface area contributed by atoms with Crippen molar-refractivity contribution in [3.05, 3.63) is 34.6 Å². The molecule has 1 aromatic rings.